The first-order chi connectivity index (χ1) is 16.1. The van der Waals surface area contributed by atoms with E-state index in [1.807, 2.05) is 54.6 Å². The number of H-pyrrole nitrogens is 1. The molecule has 33 heavy (non-hydrogen) atoms. The molecular weight excluding hydrogens is 414 g/mol. The van der Waals surface area contributed by atoms with Crippen molar-refractivity contribution in [1.29, 1.82) is 0 Å². The fraction of sp³-hybridized carbons (Fsp3) is 0.308. The number of fused-ring (bicyclic) bond motifs is 3. The summed E-state index contributed by atoms with van der Waals surface area (Å²) in [6.45, 7) is 5.94. The topological polar surface area (TPSA) is 73.5 Å². The minimum atomic E-state index is -0.144. The Labute approximate surface area is 193 Å². The van der Waals surface area contributed by atoms with Crippen LogP contribution in [-0.2, 0) is 0 Å². The maximum atomic E-state index is 12.7. The summed E-state index contributed by atoms with van der Waals surface area (Å²) in [5.74, 6) is 0.669. The van der Waals surface area contributed by atoms with Gasteiger partial charge in [-0.15, -0.1) is 0 Å². The average Bonchev–Trinajstić information content (AvgIpc) is 3.22. The number of likely N-dealkylation sites (N-methyl/N-ethyl adjacent to an activating group) is 1. The van der Waals surface area contributed by atoms with Crippen molar-refractivity contribution in [3.8, 4) is 17.0 Å². The second-order valence-corrected chi connectivity index (χ2v) is 8.55. The number of carbonyl (C=O) groups is 1. The standard InChI is InChI=1S/C26H29N5O2/c1-27-26(32)21-17-22(18-6-4-3-5-7-18)28-24-20-9-8-19(16-23(20)29-25(21)24)33-15-14-31-12-10-30(2)11-13-31/h3-9,16-17,29H,10-15H2,1-2H3,(H,27,32). The summed E-state index contributed by atoms with van der Waals surface area (Å²) < 4.78 is 6.06. The van der Waals surface area contributed by atoms with Gasteiger partial charge in [-0.05, 0) is 25.2 Å². The van der Waals surface area contributed by atoms with E-state index in [1.54, 1.807) is 7.05 Å². The zero-order valence-corrected chi connectivity index (χ0v) is 19.1. The molecule has 1 saturated heterocycles. The molecular formula is C26H29N5O2. The Morgan fingerprint density at radius 2 is 1.88 bits per heavy atom. The van der Waals surface area contributed by atoms with Crippen LogP contribution in [0.2, 0.25) is 0 Å². The number of piperazine rings is 1. The molecule has 2 aromatic carbocycles. The lowest BCUT2D eigenvalue weighted by molar-refractivity contribution is 0.0964. The first-order valence-corrected chi connectivity index (χ1v) is 11.4. The third-order valence-electron chi connectivity index (χ3n) is 6.34. The number of nitrogens with one attached hydrogen (secondary N) is 2. The van der Waals surface area contributed by atoms with Crippen LogP contribution in [0.5, 0.6) is 5.75 Å². The van der Waals surface area contributed by atoms with E-state index in [2.05, 4.69) is 27.1 Å². The number of aromatic amines is 1. The molecule has 0 aliphatic carbocycles. The molecule has 0 bridgehead atoms. The molecule has 170 valence electrons. The molecule has 0 radical (unpaired) electrons. The van der Waals surface area contributed by atoms with Crippen LogP contribution < -0.4 is 10.1 Å². The molecule has 1 aliphatic rings. The number of hydrogen-bond acceptors (Lipinski definition) is 5. The fourth-order valence-corrected chi connectivity index (χ4v) is 4.36. The quantitative estimate of drug-likeness (QED) is 0.478. The maximum Gasteiger partial charge on any atom is 0.253 e. The Bertz CT molecular complexity index is 1280. The molecule has 3 heterocycles. The van der Waals surface area contributed by atoms with Gasteiger partial charge in [-0.1, -0.05) is 30.3 Å². The molecule has 7 heteroatoms. The molecule has 7 nitrogen and oxygen atoms in total. The number of carbonyl (C=O) groups excluding carboxylic acids is 1. The van der Waals surface area contributed by atoms with Gasteiger partial charge in [0.05, 0.1) is 27.8 Å². The van der Waals surface area contributed by atoms with Gasteiger partial charge in [0.1, 0.15) is 12.4 Å². The number of rotatable bonds is 6. The highest BCUT2D eigenvalue weighted by molar-refractivity contribution is 6.14. The van der Waals surface area contributed by atoms with Gasteiger partial charge in [-0.25, -0.2) is 4.98 Å². The van der Waals surface area contributed by atoms with Crippen molar-refractivity contribution in [2.24, 2.45) is 0 Å². The predicted molar refractivity (Wildman–Crippen MR) is 132 cm³/mol. The van der Waals surface area contributed by atoms with Gasteiger partial charge >= 0.3 is 0 Å². The van der Waals surface area contributed by atoms with Crippen LogP contribution >= 0.6 is 0 Å². The van der Waals surface area contributed by atoms with E-state index >= 15 is 0 Å². The van der Waals surface area contributed by atoms with Crippen molar-refractivity contribution in [3.05, 3.63) is 60.2 Å². The minimum Gasteiger partial charge on any atom is -0.492 e. The Morgan fingerprint density at radius 3 is 2.64 bits per heavy atom. The van der Waals surface area contributed by atoms with Crippen molar-refractivity contribution in [2.75, 3.05) is 53.4 Å². The number of hydrogen-bond donors (Lipinski definition) is 2. The van der Waals surface area contributed by atoms with Gasteiger partial charge in [-0.3, -0.25) is 9.69 Å². The van der Waals surface area contributed by atoms with E-state index in [9.17, 15) is 4.79 Å². The number of nitrogens with zero attached hydrogens (tertiary/aromatic N) is 3. The molecule has 1 amide bonds. The molecule has 5 rings (SSSR count). The number of benzene rings is 2. The number of ether oxygens (including phenoxy) is 1. The SMILES string of the molecule is CNC(=O)c1cc(-c2ccccc2)nc2c1[nH]c1cc(OCCN3CCN(C)CC3)ccc12. The van der Waals surface area contributed by atoms with Crippen LogP contribution in [0.15, 0.2) is 54.6 Å². The summed E-state index contributed by atoms with van der Waals surface area (Å²) in [5, 5.41) is 3.72. The zero-order valence-electron chi connectivity index (χ0n) is 19.1. The second kappa shape index (κ2) is 9.21. The van der Waals surface area contributed by atoms with E-state index in [-0.39, 0.29) is 5.91 Å². The second-order valence-electron chi connectivity index (χ2n) is 8.55. The highest BCUT2D eigenvalue weighted by atomic mass is 16.5. The first-order valence-electron chi connectivity index (χ1n) is 11.4. The Hall–Kier alpha value is -3.42. The van der Waals surface area contributed by atoms with E-state index in [1.165, 1.54) is 0 Å². The van der Waals surface area contributed by atoms with Crippen LogP contribution in [0.3, 0.4) is 0 Å². The lowest BCUT2D eigenvalue weighted by Crippen LogP contribution is -2.45. The first kappa shape index (κ1) is 21.4. The average molecular weight is 444 g/mol. The molecule has 4 aromatic rings. The third-order valence-corrected chi connectivity index (χ3v) is 6.34. The summed E-state index contributed by atoms with van der Waals surface area (Å²) in [6.07, 6.45) is 0. The third kappa shape index (κ3) is 4.42. The molecule has 1 aliphatic heterocycles. The largest absolute Gasteiger partial charge is 0.492 e. The summed E-state index contributed by atoms with van der Waals surface area (Å²) in [6, 6.07) is 17.8. The predicted octanol–water partition coefficient (Wildman–Crippen LogP) is 3.37. The number of amides is 1. The van der Waals surface area contributed by atoms with Crippen molar-refractivity contribution in [2.45, 2.75) is 0 Å². The van der Waals surface area contributed by atoms with Gasteiger partial charge in [0.25, 0.3) is 5.91 Å². The highest BCUT2D eigenvalue weighted by Gasteiger charge is 2.18. The highest BCUT2D eigenvalue weighted by Crippen LogP contribution is 2.32. The minimum absolute atomic E-state index is 0.144. The van der Waals surface area contributed by atoms with Gasteiger partial charge in [0, 0.05) is 56.8 Å². The normalized spacial score (nSPS) is 15.2. The maximum absolute atomic E-state index is 12.7. The van der Waals surface area contributed by atoms with Gasteiger partial charge < -0.3 is 19.9 Å². The smallest absolute Gasteiger partial charge is 0.253 e. The van der Waals surface area contributed by atoms with E-state index in [0.717, 1.165) is 71.7 Å². The van der Waals surface area contributed by atoms with E-state index in [0.29, 0.717) is 12.2 Å². The molecule has 0 spiro atoms. The molecule has 2 aromatic heterocycles. The molecule has 1 fully saturated rings. The Morgan fingerprint density at radius 1 is 1.09 bits per heavy atom. The molecule has 0 saturated carbocycles. The van der Waals surface area contributed by atoms with Crippen molar-refractivity contribution in [1.82, 2.24) is 25.1 Å². The van der Waals surface area contributed by atoms with E-state index < -0.39 is 0 Å². The van der Waals surface area contributed by atoms with Crippen molar-refractivity contribution >= 4 is 27.8 Å². The molecule has 0 unspecified atom stereocenters. The Balaban J connectivity index is 1.44. The molecule has 2 N–H and O–H groups in total. The number of pyridine rings is 1. The lowest BCUT2D eigenvalue weighted by atomic mass is 10.1. The summed E-state index contributed by atoms with van der Waals surface area (Å²) >= 11 is 0. The summed E-state index contributed by atoms with van der Waals surface area (Å²) in [5.41, 5.74) is 4.76. The van der Waals surface area contributed by atoms with Crippen molar-refractivity contribution < 1.29 is 9.53 Å². The lowest BCUT2D eigenvalue weighted by Gasteiger charge is -2.32. The van der Waals surface area contributed by atoms with Crippen molar-refractivity contribution in [3.63, 3.8) is 0 Å². The van der Waals surface area contributed by atoms with Gasteiger partial charge in [0.15, 0.2) is 0 Å². The fourth-order valence-electron chi connectivity index (χ4n) is 4.36. The number of aromatic nitrogens is 2. The van der Waals surface area contributed by atoms with Gasteiger partial charge in [0.2, 0.25) is 0 Å². The van der Waals surface area contributed by atoms with Gasteiger partial charge in [-0.2, -0.15) is 0 Å². The van der Waals surface area contributed by atoms with Crippen LogP contribution in [0.25, 0.3) is 33.2 Å². The van der Waals surface area contributed by atoms with E-state index in [4.69, 9.17) is 9.72 Å². The van der Waals surface area contributed by atoms with Crippen LogP contribution in [0.4, 0.5) is 0 Å². The van der Waals surface area contributed by atoms with Crippen LogP contribution in [-0.4, -0.2) is 79.1 Å². The van der Waals surface area contributed by atoms with Crippen LogP contribution in [0.1, 0.15) is 10.4 Å². The zero-order chi connectivity index (χ0) is 22.8. The summed E-state index contributed by atoms with van der Waals surface area (Å²) in [4.78, 5) is 25.8. The molecule has 0 atom stereocenters. The monoisotopic (exact) mass is 443 g/mol. The Kier molecular flexibility index (Phi) is 5.98. The van der Waals surface area contributed by atoms with Crippen LogP contribution in [0, 0.1) is 0 Å². The summed E-state index contributed by atoms with van der Waals surface area (Å²) in [7, 11) is 3.81.